The van der Waals surface area contributed by atoms with Crippen molar-refractivity contribution in [3.8, 4) is 11.3 Å². The molecule has 4 aromatic rings. The quantitative estimate of drug-likeness (QED) is 0.455. The standard InChI is InChI=1S/C22H18FN3O/c23-18-9-10-20-17(11-18)13-21(26-20)16-7-4-8-19(12-16)25-22(27)24-14-15-5-2-1-3-6-15/h1-13,26H,14H2,(H2,24,25,27). The summed E-state index contributed by atoms with van der Waals surface area (Å²) in [6, 6.07) is 23.5. The first-order valence-corrected chi connectivity index (χ1v) is 8.65. The zero-order chi connectivity index (χ0) is 18.6. The third-order valence-corrected chi connectivity index (χ3v) is 4.31. The van der Waals surface area contributed by atoms with Crippen LogP contribution in [-0.4, -0.2) is 11.0 Å². The summed E-state index contributed by atoms with van der Waals surface area (Å²) in [5.74, 6) is -0.265. The van der Waals surface area contributed by atoms with Gasteiger partial charge in [0.15, 0.2) is 0 Å². The number of aromatic amines is 1. The maximum Gasteiger partial charge on any atom is 0.319 e. The monoisotopic (exact) mass is 359 g/mol. The van der Waals surface area contributed by atoms with Crippen LogP contribution in [0.15, 0.2) is 78.9 Å². The van der Waals surface area contributed by atoms with Crippen molar-refractivity contribution in [1.82, 2.24) is 10.3 Å². The number of aromatic nitrogens is 1. The molecule has 4 nitrogen and oxygen atoms in total. The normalized spacial score (nSPS) is 10.7. The molecule has 1 heterocycles. The molecule has 0 fully saturated rings. The highest BCUT2D eigenvalue weighted by Crippen LogP contribution is 2.26. The molecule has 5 heteroatoms. The zero-order valence-electron chi connectivity index (χ0n) is 14.5. The van der Waals surface area contributed by atoms with Gasteiger partial charge in [0, 0.05) is 34.4 Å². The average Bonchev–Trinajstić information content (AvgIpc) is 3.11. The number of halogens is 1. The molecule has 0 saturated carbocycles. The molecule has 0 spiro atoms. The molecule has 0 unspecified atom stereocenters. The van der Waals surface area contributed by atoms with Gasteiger partial charge in [-0.3, -0.25) is 0 Å². The number of hydrogen-bond acceptors (Lipinski definition) is 1. The second kappa shape index (κ2) is 7.33. The van der Waals surface area contributed by atoms with Gasteiger partial charge in [0.1, 0.15) is 5.82 Å². The van der Waals surface area contributed by atoms with Gasteiger partial charge in [-0.1, -0.05) is 42.5 Å². The van der Waals surface area contributed by atoms with Gasteiger partial charge in [-0.05, 0) is 42.0 Å². The van der Waals surface area contributed by atoms with Crippen LogP contribution in [-0.2, 0) is 6.54 Å². The third-order valence-electron chi connectivity index (χ3n) is 4.31. The van der Waals surface area contributed by atoms with Crippen molar-refractivity contribution < 1.29 is 9.18 Å². The number of carbonyl (C=O) groups excluding carboxylic acids is 1. The van der Waals surface area contributed by atoms with E-state index in [0.29, 0.717) is 12.2 Å². The average molecular weight is 359 g/mol. The summed E-state index contributed by atoms with van der Waals surface area (Å²) in [5, 5.41) is 6.49. The number of benzene rings is 3. The fourth-order valence-corrected chi connectivity index (χ4v) is 2.98. The van der Waals surface area contributed by atoms with Crippen LogP contribution in [0.5, 0.6) is 0 Å². The molecule has 0 radical (unpaired) electrons. The fourth-order valence-electron chi connectivity index (χ4n) is 2.98. The van der Waals surface area contributed by atoms with Crippen LogP contribution >= 0.6 is 0 Å². The van der Waals surface area contributed by atoms with Crippen LogP contribution in [0.4, 0.5) is 14.9 Å². The van der Waals surface area contributed by atoms with Gasteiger partial charge >= 0.3 is 6.03 Å². The number of nitrogens with one attached hydrogen (secondary N) is 3. The fraction of sp³-hybridized carbons (Fsp3) is 0.0455. The van der Waals surface area contributed by atoms with Crippen LogP contribution in [0.1, 0.15) is 5.56 Å². The van der Waals surface area contributed by atoms with Gasteiger partial charge in [-0.25, -0.2) is 9.18 Å². The number of rotatable bonds is 4. The van der Waals surface area contributed by atoms with Gasteiger partial charge in [0.25, 0.3) is 0 Å². The molecule has 0 aliphatic rings. The van der Waals surface area contributed by atoms with Crippen LogP contribution < -0.4 is 10.6 Å². The first-order valence-electron chi connectivity index (χ1n) is 8.65. The first kappa shape index (κ1) is 16.8. The molecule has 0 aliphatic heterocycles. The van der Waals surface area contributed by atoms with E-state index in [2.05, 4.69) is 15.6 Å². The second-order valence-corrected chi connectivity index (χ2v) is 6.29. The Morgan fingerprint density at radius 3 is 2.63 bits per heavy atom. The van der Waals surface area contributed by atoms with Gasteiger partial charge in [-0.15, -0.1) is 0 Å². The van der Waals surface area contributed by atoms with Crippen LogP contribution in [0.3, 0.4) is 0 Å². The Balaban J connectivity index is 1.47. The highest BCUT2D eigenvalue weighted by molar-refractivity contribution is 5.91. The smallest absolute Gasteiger partial charge is 0.319 e. The second-order valence-electron chi connectivity index (χ2n) is 6.29. The Labute approximate surface area is 156 Å². The Morgan fingerprint density at radius 2 is 1.78 bits per heavy atom. The van der Waals surface area contributed by atoms with E-state index in [0.717, 1.165) is 27.7 Å². The van der Waals surface area contributed by atoms with E-state index >= 15 is 0 Å². The molecule has 1 aromatic heterocycles. The van der Waals surface area contributed by atoms with Crippen LogP contribution in [0.25, 0.3) is 22.2 Å². The zero-order valence-corrected chi connectivity index (χ0v) is 14.5. The molecular formula is C22H18FN3O. The molecule has 3 N–H and O–H groups in total. The van der Waals surface area contributed by atoms with E-state index in [4.69, 9.17) is 0 Å². The van der Waals surface area contributed by atoms with E-state index in [9.17, 15) is 9.18 Å². The van der Waals surface area contributed by atoms with Crippen molar-refractivity contribution >= 4 is 22.6 Å². The lowest BCUT2D eigenvalue weighted by molar-refractivity contribution is 0.251. The molecule has 4 rings (SSSR count). The van der Waals surface area contributed by atoms with Gasteiger partial charge in [-0.2, -0.15) is 0 Å². The molecular weight excluding hydrogens is 341 g/mol. The Hall–Kier alpha value is -3.60. The topological polar surface area (TPSA) is 56.9 Å². The summed E-state index contributed by atoms with van der Waals surface area (Å²) in [7, 11) is 0. The highest BCUT2D eigenvalue weighted by atomic mass is 19.1. The van der Waals surface area contributed by atoms with Gasteiger partial charge in [0.2, 0.25) is 0 Å². The number of carbonyl (C=O) groups is 1. The lowest BCUT2D eigenvalue weighted by Crippen LogP contribution is -2.28. The molecule has 27 heavy (non-hydrogen) atoms. The van der Waals surface area contributed by atoms with Crippen molar-refractivity contribution in [1.29, 1.82) is 0 Å². The molecule has 0 aliphatic carbocycles. The molecule has 0 saturated heterocycles. The summed E-state index contributed by atoms with van der Waals surface area (Å²) in [6.07, 6.45) is 0. The summed E-state index contributed by atoms with van der Waals surface area (Å²) in [6.45, 7) is 0.458. The van der Waals surface area contributed by atoms with Crippen LogP contribution in [0, 0.1) is 5.82 Å². The van der Waals surface area contributed by atoms with E-state index in [1.807, 2.05) is 60.7 Å². The van der Waals surface area contributed by atoms with E-state index in [-0.39, 0.29) is 11.8 Å². The summed E-state index contributed by atoms with van der Waals surface area (Å²) in [4.78, 5) is 15.4. The van der Waals surface area contributed by atoms with E-state index in [1.165, 1.54) is 12.1 Å². The summed E-state index contributed by atoms with van der Waals surface area (Å²) >= 11 is 0. The largest absolute Gasteiger partial charge is 0.355 e. The van der Waals surface area contributed by atoms with Crippen molar-refractivity contribution in [3.63, 3.8) is 0 Å². The van der Waals surface area contributed by atoms with E-state index in [1.54, 1.807) is 6.07 Å². The first-order chi connectivity index (χ1) is 13.2. The van der Waals surface area contributed by atoms with Gasteiger partial charge in [0.05, 0.1) is 0 Å². The summed E-state index contributed by atoms with van der Waals surface area (Å²) in [5.41, 5.74) is 4.36. The van der Waals surface area contributed by atoms with Crippen LogP contribution in [0.2, 0.25) is 0 Å². The minimum atomic E-state index is -0.269. The number of H-pyrrole nitrogens is 1. The Bertz CT molecular complexity index is 1090. The number of hydrogen-bond donors (Lipinski definition) is 3. The van der Waals surface area contributed by atoms with Crippen molar-refractivity contribution in [2.45, 2.75) is 6.54 Å². The van der Waals surface area contributed by atoms with Crippen molar-refractivity contribution in [3.05, 3.63) is 90.2 Å². The number of fused-ring (bicyclic) bond motifs is 1. The van der Waals surface area contributed by atoms with Crippen molar-refractivity contribution in [2.75, 3.05) is 5.32 Å². The number of amides is 2. The predicted octanol–water partition coefficient (Wildman–Crippen LogP) is 5.30. The third kappa shape index (κ3) is 3.98. The maximum absolute atomic E-state index is 13.4. The van der Waals surface area contributed by atoms with Gasteiger partial charge < -0.3 is 15.6 Å². The Kier molecular flexibility index (Phi) is 4.58. The molecule has 0 atom stereocenters. The molecule has 134 valence electrons. The van der Waals surface area contributed by atoms with E-state index < -0.39 is 0 Å². The molecule has 3 aromatic carbocycles. The predicted molar refractivity (Wildman–Crippen MR) is 106 cm³/mol. The highest BCUT2D eigenvalue weighted by Gasteiger charge is 2.07. The van der Waals surface area contributed by atoms with Crippen molar-refractivity contribution in [2.24, 2.45) is 0 Å². The SMILES string of the molecule is O=C(NCc1ccccc1)Nc1cccc(-c2cc3cc(F)ccc3[nH]2)c1. The lowest BCUT2D eigenvalue weighted by atomic mass is 10.1. The lowest BCUT2D eigenvalue weighted by Gasteiger charge is -2.09. The Morgan fingerprint density at radius 1 is 0.926 bits per heavy atom. The summed E-state index contributed by atoms with van der Waals surface area (Å²) < 4.78 is 13.4. The number of urea groups is 1. The number of anilines is 1. The molecule has 0 bridgehead atoms. The maximum atomic E-state index is 13.4. The molecule has 2 amide bonds. The minimum absolute atomic E-state index is 0.265. The minimum Gasteiger partial charge on any atom is -0.355 e.